The highest BCUT2D eigenvalue weighted by molar-refractivity contribution is 7.92. The number of nitrogens with one attached hydrogen (secondary N) is 1. The molecule has 0 fully saturated rings. The lowest BCUT2D eigenvalue weighted by Gasteiger charge is -2.10. The molecular formula is C23H21N3O3S. The molecule has 0 unspecified atom stereocenters. The number of sulfonamides is 1. The average Bonchev–Trinajstić information content (AvgIpc) is 3.16. The smallest absolute Gasteiger partial charge is 0.263 e. The van der Waals surface area contributed by atoms with Crippen molar-refractivity contribution < 1.29 is 13.2 Å². The summed E-state index contributed by atoms with van der Waals surface area (Å²) in [6.45, 7) is 0.510. The van der Waals surface area contributed by atoms with Crippen molar-refractivity contribution >= 4 is 15.8 Å². The van der Waals surface area contributed by atoms with Gasteiger partial charge in [0.15, 0.2) is 5.82 Å². The summed E-state index contributed by atoms with van der Waals surface area (Å²) in [5.41, 5.74) is 2.46. The summed E-state index contributed by atoms with van der Waals surface area (Å²) in [6.07, 6.45) is 1.83. The first kappa shape index (κ1) is 19.7. The average molecular weight is 420 g/mol. The topological polar surface area (TPSA) is 73.2 Å². The second kappa shape index (κ2) is 8.42. The molecule has 1 N–H and O–H groups in total. The van der Waals surface area contributed by atoms with E-state index in [9.17, 15) is 8.42 Å². The van der Waals surface area contributed by atoms with Crippen LogP contribution in [0.5, 0.6) is 5.75 Å². The molecule has 0 aliphatic heterocycles. The number of benzene rings is 3. The molecule has 1 aromatic heterocycles. The lowest BCUT2D eigenvalue weighted by Crippen LogP contribution is -2.14. The molecule has 0 atom stereocenters. The standard InChI is InChI=1S/C23H21N3O3S/c1-29-22-15-9-8-14-20(22)21-17-26(16-18-10-4-2-5-11-18)24-23(21)25-30(27,28)19-12-6-3-7-13-19/h2-15,17H,16H2,1H3,(H,24,25). The summed E-state index contributed by atoms with van der Waals surface area (Å²) in [5, 5.41) is 4.54. The van der Waals surface area contributed by atoms with Gasteiger partial charge in [0.2, 0.25) is 0 Å². The summed E-state index contributed by atoms with van der Waals surface area (Å²) >= 11 is 0. The van der Waals surface area contributed by atoms with Crippen LogP contribution in [0.2, 0.25) is 0 Å². The summed E-state index contributed by atoms with van der Waals surface area (Å²) in [4.78, 5) is 0.175. The molecule has 0 aliphatic rings. The van der Waals surface area contributed by atoms with Gasteiger partial charge in [-0.15, -0.1) is 0 Å². The molecule has 0 radical (unpaired) electrons. The summed E-state index contributed by atoms with van der Waals surface area (Å²) in [5.74, 6) is 0.885. The van der Waals surface area contributed by atoms with Gasteiger partial charge in [-0.2, -0.15) is 5.10 Å². The Kier molecular flexibility index (Phi) is 5.54. The van der Waals surface area contributed by atoms with Gasteiger partial charge in [-0.25, -0.2) is 8.42 Å². The number of methoxy groups -OCH3 is 1. The number of nitrogens with zero attached hydrogens (tertiary/aromatic N) is 2. The summed E-state index contributed by atoms with van der Waals surface area (Å²) in [6, 6.07) is 25.6. The normalized spacial score (nSPS) is 11.2. The lowest BCUT2D eigenvalue weighted by molar-refractivity contribution is 0.416. The van der Waals surface area contributed by atoms with Gasteiger partial charge in [-0.05, 0) is 23.8 Å². The van der Waals surface area contributed by atoms with Gasteiger partial charge in [-0.3, -0.25) is 9.40 Å². The van der Waals surface area contributed by atoms with Gasteiger partial charge in [0, 0.05) is 17.3 Å². The van der Waals surface area contributed by atoms with Crippen LogP contribution >= 0.6 is 0 Å². The second-order valence-corrected chi connectivity index (χ2v) is 8.38. The Labute approximate surface area is 175 Å². The van der Waals surface area contributed by atoms with Crippen LogP contribution in [0.3, 0.4) is 0 Å². The molecule has 30 heavy (non-hydrogen) atoms. The van der Waals surface area contributed by atoms with Crippen molar-refractivity contribution in [2.24, 2.45) is 0 Å². The zero-order valence-corrected chi connectivity index (χ0v) is 17.2. The molecule has 4 rings (SSSR count). The number of anilines is 1. The molecule has 0 amide bonds. The number of hydrogen-bond acceptors (Lipinski definition) is 4. The van der Waals surface area contributed by atoms with Crippen LogP contribution in [-0.2, 0) is 16.6 Å². The quantitative estimate of drug-likeness (QED) is 0.482. The van der Waals surface area contributed by atoms with Crippen LogP contribution in [0.15, 0.2) is 96.0 Å². The third-order valence-electron chi connectivity index (χ3n) is 4.63. The largest absolute Gasteiger partial charge is 0.496 e. The van der Waals surface area contributed by atoms with Crippen molar-refractivity contribution in [2.45, 2.75) is 11.4 Å². The van der Waals surface area contributed by atoms with Gasteiger partial charge in [0.1, 0.15) is 5.75 Å². The predicted octanol–water partition coefficient (Wildman–Crippen LogP) is 4.41. The Morgan fingerprint density at radius 2 is 1.50 bits per heavy atom. The van der Waals surface area contributed by atoms with E-state index in [1.165, 1.54) is 0 Å². The van der Waals surface area contributed by atoms with Crippen LogP contribution in [0.1, 0.15) is 5.56 Å². The highest BCUT2D eigenvalue weighted by Gasteiger charge is 2.21. The van der Waals surface area contributed by atoms with Crippen LogP contribution in [0.25, 0.3) is 11.1 Å². The van der Waals surface area contributed by atoms with E-state index in [0.29, 0.717) is 17.9 Å². The number of para-hydroxylation sites is 1. The first-order chi connectivity index (χ1) is 14.6. The number of aromatic nitrogens is 2. The third-order valence-corrected chi connectivity index (χ3v) is 5.99. The Morgan fingerprint density at radius 3 is 2.20 bits per heavy atom. The fourth-order valence-electron chi connectivity index (χ4n) is 3.20. The van der Waals surface area contributed by atoms with Crippen molar-refractivity contribution in [1.29, 1.82) is 0 Å². The minimum atomic E-state index is -3.79. The Balaban J connectivity index is 1.77. The van der Waals surface area contributed by atoms with E-state index in [4.69, 9.17) is 4.74 Å². The van der Waals surface area contributed by atoms with Gasteiger partial charge in [-0.1, -0.05) is 66.7 Å². The molecule has 6 nitrogen and oxygen atoms in total. The monoisotopic (exact) mass is 419 g/mol. The van der Waals surface area contributed by atoms with Crippen molar-refractivity contribution in [2.75, 3.05) is 11.8 Å². The molecule has 0 aliphatic carbocycles. The van der Waals surface area contributed by atoms with E-state index in [1.54, 1.807) is 42.1 Å². The molecule has 7 heteroatoms. The maximum absolute atomic E-state index is 12.9. The van der Waals surface area contributed by atoms with Gasteiger partial charge < -0.3 is 4.74 Å². The van der Waals surface area contributed by atoms with Crippen molar-refractivity contribution in [1.82, 2.24) is 9.78 Å². The Morgan fingerprint density at radius 1 is 0.867 bits per heavy atom. The Bertz CT molecular complexity index is 1240. The van der Waals surface area contributed by atoms with E-state index >= 15 is 0 Å². The number of hydrogen-bond donors (Lipinski definition) is 1. The highest BCUT2D eigenvalue weighted by Crippen LogP contribution is 2.35. The first-order valence-corrected chi connectivity index (χ1v) is 10.9. The van der Waals surface area contributed by atoms with Crippen molar-refractivity contribution in [3.8, 4) is 16.9 Å². The van der Waals surface area contributed by atoms with Crippen LogP contribution in [0.4, 0.5) is 5.82 Å². The van der Waals surface area contributed by atoms with E-state index in [1.807, 2.05) is 60.8 Å². The number of rotatable bonds is 7. The fraction of sp³-hybridized carbons (Fsp3) is 0.0870. The maximum atomic E-state index is 12.9. The van der Waals surface area contributed by atoms with Gasteiger partial charge in [0.05, 0.1) is 18.6 Å². The molecule has 0 saturated carbocycles. The second-order valence-electron chi connectivity index (χ2n) is 6.69. The van der Waals surface area contributed by atoms with E-state index < -0.39 is 10.0 Å². The van der Waals surface area contributed by atoms with Gasteiger partial charge >= 0.3 is 0 Å². The zero-order valence-electron chi connectivity index (χ0n) is 16.4. The predicted molar refractivity (Wildman–Crippen MR) is 117 cm³/mol. The van der Waals surface area contributed by atoms with Crippen LogP contribution in [-0.4, -0.2) is 25.3 Å². The maximum Gasteiger partial charge on any atom is 0.263 e. The van der Waals surface area contributed by atoms with E-state index in [0.717, 1.165) is 11.1 Å². The number of ether oxygens (including phenoxy) is 1. The molecule has 152 valence electrons. The first-order valence-electron chi connectivity index (χ1n) is 9.39. The van der Waals surface area contributed by atoms with Crippen molar-refractivity contribution in [3.63, 3.8) is 0 Å². The summed E-state index contributed by atoms with van der Waals surface area (Å²) < 4.78 is 35.7. The molecule has 0 bridgehead atoms. The van der Waals surface area contributed by atoms with Gasteiger partial charge in [0.25, 0.3) is 10.0 Å². The van der Waals surface area contributed by atoms with E-state index in [2.05, 4.69) is 9.82 Å². The van der Waals surface area contributed by atoms with Crippen LogP contribution in [0, 0.1) is 0 Å². The Hall–Kier alpha value is -3.58. The minimum Gasteiger partial charge on any atom is -0.496 e. The highest BCUT2D eigenvalue weighted by atomic mass is 32.2. The third kappa shape index (κ3) is 4.21. The van der Waals surface area contributed by atoms with E-state index in [-0.39, 0.29) is 10.7 Å². The molecule has 4 aromatic rings. The molecule has 1 heterocycles. The SMILES string of the molecule is COc1ccccc1-c1cn(Cc2ccccc2)nc1NS(=O)(=O)c1ccccc1. The fourth-order valence-corrected chi connectivity index (χ4v) is 4.24. The molecule has 3 aromatic carbocycles. The van der Waals surface area contributed by atoms with Crippen LogP contribution < -0.4 is 9.46 Å². The molecular weight excluding hydrogens is 398 g/mol. The zero-order chi connectivity index (χ0) is 21.0. The lowest BCUT2D eigenvalue weighted by atomic mass is 10.1. The summed E-state index contributed by atoms with van der Waals surface area (Å²) in [7, 11) is -2.21. The minimum absolute atomic E-state index is 0.175. The van der Waals surface area contributed by atoms with Crippen molar-refractivity contribution in [3.05, 3.63) is 96.7 Å². The molecule has 0 spiro atoms. The molecule has 0 saturated heterocycles.